The monoisotopic (exact) mass is 458 g/mol. The number of carbonyl (C=O) groups is 2. The Balaban J connectivity index is 1.71. The summed E-state index contributed by atoms with van der Waals surface area (Å²) in [5.74, 6) is -0.593. The number of nitrogens with zero attached hydrogens (tertiary/aromatic N) is 2. The van der Waals surface area contributed by atoms with Crippen molar-refractivity contribution in [2.24, 2.45) is 5.92 Å². The third-order valence-corrected chi connectivity index (χ3v) is 8.73. The lowest BCUT2D eigenvalue weighted by Crippen LogP contribution is -2.51. The Morgan fingerprint density at radius 2 is 1.77 bits per heavy atom. The number of anilines is 1. The number of amides is 2. The van der Waals surface area contributed by atoms with Crippen molar-refractivity contribution in [2.45, 2.75) is 81.0 Å². The molecule has 0 aliphatic heterocycles. The standard InChI is InChI=1S/C19H30N4O5S2/c1-13-7-9-15(10-8-13)23(14-5-3-2-4-6-14)19(26)22-18-20-12-17(29-18)30(27,28)21-11-16(24)25/h12-15,21H,2-11H2,1H3,(H,24,25)(H,20,22,26)/t13-,15-. The maximum atomic E-state index is 13.2. The molecule has 2 aliphatic carbocycles. The number of thiazole rings is 1. The van der Waals surface area contributed by atoms with Gasteiger partial charge in [-0.05, 0) is 44.4 Å². The van der Waals surface area contributed by atoms with E-state index in [9.17, 15) is 18.0 Å². The first-order valence-corrected chi connectivity index (χ1v) is 12.8. The first-order chi connectivity index (χ1) is 14.3. The Morgan fingerprint density at radius 3 is 2.40 bits per heavy atom. The van der Waals surface area contributed by atoms with Crippen LogP contribution >= 0.6 is 11.3 Å². The van der Waals surface area contributed by atoms with Gasteiger partial charge in [-0.15, -0.1) is 0 Å². The molecular weight excluding hydrogens is 428 g/mol. The van der Waals surface area contributed by atoms with E-state index < -0.39 is 22.5 Å². The van der Waals surface area contributed by atoms with Crippen molar-refractivity contribution in [1.82, 2.24) is 14.6 Å². The minimum absolute atomic E-state index is 0.130. The van der Waals surface area contributed by atoms with E-state index in [1.165, 1.54) is 6.42 Å². The molecule has 0 aromatic carbocycles. The Bertz CT molecular complexity index is 843. The smallest absolute Gasteiger partial charge is 0.324 e. The number of rotatable bonds is 7. The summed E-state index contributed by atoms with van der Waals surface area (Å²) >= 11 is 0.818. The van der Waals surface area contributed by atoms with Gasteiger partial charge in [-0.3, -0.25) is 10.1 Å². The summed E-state index contributed by atoms with van der Waals surface area (Å²) in [5.41, 5.74) is 0. The Labute approximate surface area is 181 Å². The van der Waals surface area contributed by atoms with E-state index in [1.807, 2.05) is 9.62 Å². The second-order valence-corrected chi connectivity index (χ2v) is 11.3. The summed E-state index contributed by atoms with van der Waals surface area (Å²) in [4.78, 5) is 29.8. The van der Waals surface area contributed by atoms with Crippen molar-refractivity contribution >= 4 is 38.5 Å². The van der Waals surface area contributed by atoms with Crippen molar-refractivity contribution < 1.29 is 23.1 Å². The molecule has 0 atom stereocenters. The van der Waals surface area contributed by atoms with E-state index in [0.29, 0.717) is 5.92 Å². The molecular formula is C19H30N4O5S2. The SMILES string of the molecule is C[C@H]1CC[C@H](N(C(=O)Nc2ncc(S(=O)(=O)NCC(=O)O)s2)C2CCCCC2)CC1. The zero-order chi connectivity index (χ0) is 21.7. The largest absolute Gasteiger partial charge is 0.480 e. The first-order valence-electron chi connectivity index (χ1n) is 10.5. The Morgan fingerprint density at radius 1 is 1.13 bits per heavy atom. The highest BCUT2D eigenvalue weighted by molar-refractivity contribution is 7.91. The van der Waals surface area contributed by atoms with Gasteiger partial charge in [0.05, 0.1) is 6.20 Å². The van der Waals surface area contributed by atoms with Gasteiger partial charge in [-0.25, -0.2) is 18.2 Å². The number of sulfonamides is 1. The van der Waals surface area contributed by atoms with Crippen molar-refractivity contribution in [3.05, 3.63) is 6.20 Å². The predicted molar refractivity (Wildman–Crippen MR) is 114 cm³/mol. The van der Waals surface area contributed by atoms with Crippen LogP contribution in [0.5, 0.6) is 0 Å². The lowest BCUT2D eigenvalue weighted by Gasteiger charge is -2.42. The van der Waals surface area contributed by atoms with Crippen molar-refractivity contribution in [3.63, 3.8) is 0 Å². The highest BCUT2D eigenvalue weighted by atomic mass is 32.2. The van der Waals surface area contributed by atoms with Crippen LogP contribution in [0.4, 0.5) is 9.93 Å². The Kier molecular flexibility index (Phi) is 7.70. The van der Waals surface area contributed by atoms with Crippen molar-refractivity contribution in [2.75, 3.05) is 11.9 Å². The van der Waals surface area contributed by atoms with Crippen LogP contribution in [0.15, 0.2) is 10.4 Å². The van der Waals surface area contributed by atoms with Gasteiger partial charge in [-0.1, -0.05) is 37.5 Å². The quantitative estimate of drug-likeness (QED) is 0.575. The molecule has 1 aromatic rings. The van der Waals surface area contributed by atoms with Crippen LogP contribution in [0.1, 0.15) is 64.7 Å². The number of carboxylic acids is 1. The maximum absolute atomic E-state index is 13.2. The lowest BCUT2D eigenvalue weighted by atomic mass is 9.84. The Hall–Kier alpha value is -1.72. The van der Waals surface area contributed by atoms with E-state index in [1.54, 1.807) is 0 Å². The van der Waals surface area contributed by atoms with Gasteiger partial charge in [0.15, 0.2) is 9.34 Å². The molecule has 0 radical (unpaired) electrons. The number of urea groups is 1. The lowest BCUT2D eigenvalue weighted by molar-refractivity contribution is -0.135. The van der Waals surface area contributed by atoms with Crippen LogP contribution in [0.25, 0.3) is 0 Å². The van der Waals surface area contributed by atoms with Gasteiger partial charge >= 0.3 is 12.0 Å². The number of carboxylic acid groups (broad SMARTS) is 1. The number of nitrogens with one attached hydrogen (secondary N) is 2. The fraction of sp³-hybridized carbons (Fsp3) is 0.737. The maximum Gasteiger partial charge on any atom is 0.324 e. The van der Waals surface area contributed by atoms with Gasteiger partial charge in [0.1, 0.15) is 6.54 Å². The molecule has 2 aliphatic rings. The van der Waals surface area contributed by atoms with Gasteiger partial charge in [0, 0.05) is 12.1 Å². The summed E-state index contributed by atoms with van der Waals surface area (Å²) in [6.07, 6.45) is 10.8. The molecule has 3 rings (SSSR count). The molecule has 0 spiro atoms. The zero-order valence-corrected chi connectivity index (χ0v) is 18.8. The molecule has 11 heteroatoms. The molecule has 1 heterocycles. The molecule has 9 nitrogen and oxygen atoms in total. The van der Waals surface area contributed by atoms with Gasteiger partial charge in [0.2, 0.25) is 0 Å². The number of hydrogen-bond acceptors (Lipinski definition) is 6. The van der Waals surface area contributed by atoms with Gasteiger partial charge in [-0.2, -0.15) is 4.72 Å². The molecule has 2 saturated carbocycles. The molecule has 0 bridgehead atoms. The minimum atomic E-state index is -3.98. The predicted octanol–water partition coefficient (Wildman–Crippen LogP) is 3.25. The van der Waals surface area contributed by atoms with Gasteiger partial charge < -0.3 is 10.0 Å². The summed E-state index contributed by atoms with van der Waals surface area (Å²) in [7, 11) is -3.98. The second-order valence-electron chi connectivity index (χ2n) is 8.25. The van der Waals surface area contributed by atoms with E-state index in [-0.39, 0.29) is 27.5 Å². The molecule has 30 heavy (non-hydrogen) atoms. The van der Waals surface area contributed by atoms with Gasteiger partial charge in [0.25, 0.3) is 10.0 Å². The molecule has 1 aromatic heterocycles. The van der Waals surface area contributed by atoms with Crippen LogP contribution in [0, 0.1) is 5.92 Å². The molecule has 3 N–H and O–H groups in total. The summed E-state index contributed by atoms with van der Waals surface area (Å²) < 4.78 is 26.2. The number of hydrogen-bond donors (Lipinski definition) is 3. The fourth-order valence-corrected chi connectivity index (χ4v) is 6.37. The van der Waals surface area contributed by atoms with Crippen molar-refractivity contribution in [1.29, 1.82) is 0 Å². The van der Waals surface area contributed by atoms with E-state index >= 15 is 0 Å². The van der Waals surface area contributed by atoms with Crippen LogP contribution in [-0.4, -0.2) is 54.0 Å². The number of carbonyl (C=O) groups excluding carboxylic acids is 1. The zero-order valence-electron chi connectivity index (χ0n) is 17.2. The third-order valence-electron chi connectivity index (χ3n) is 5.96. The third kappa shape index (κ3) is 5.92. The molecule has 0 unspecified atom stereocenters. The summed E-state index contributed by atoms with van der Waals surface area (Å²) in [6.45, 7) is 1.54. The summed E-state index contributed by atoms with van der Waals surface area (Å²) in [6, 6.07) is 0.181. The highest BCUT2D eigenvalue weighted by Crippen LogP contribution is 2.33. The topological polar surface area (TPSA) is 129 Å². The molecule has 2 fully saturated rings. The van der Waals surface area contributed by atoms with E-state index in [2.05, 4.69) is 17.2 Å². The first kappa shape index (κ1) is 23.0. The van der Waals surface area contributed by atoms with Crippen LogP contribution < -0.4 is 10.0 Å². The van der Waals surface area contributed by atoms with Crippen LogP contribution in [-0.2, 0) is 14.8 Å². The normalized spacial score (nSPS) is 23.1. The van der Waals surface area contributed by atoms with E-state index in [4.69, 9.17) is 5.11 Å². The average Bonchev–Trinajstić information content (AvgIpc) is 3.18. The highest BCUT2D eigenvalue weighted by Gasteiger charge is 2.34. The molecule has 168 valence electrons. The van der Waals surface area contributed by atoms with E-state index in [0.717, 1.165) is 68.9 Å². The minimum Gasteiger partial charge on any atom is -0.480 e. The summed E-state index contributed by atoms with van der Waals surface area (Å²) in [5, 5.41) is 11.7. The fourth-order valence-electron chi connectivity index (χ4n) is 4.33. The number of aromatic nitrogens is 1. The van der Waals surface area contributed by atoms with Crippen molar-refractivity contribution in [3.8, 4) is 0 Å². The van der Waals surface area contributed by atoms with Crippen LogP contribution in [0.2, 0.25) is 0 Å². The second kappa shape index (κ2) is 10.1. The molecule has 0 saturated heterocycles. The average molecular weight is 459 g/mol. The molecule has 2 amide bonds. The van der Waals surface area contributed by atoms with Crippen LogP contribution in [0.3, 0.4) is 0 Å². The number of aliphatic carboxylic acids is 1.